The molecule has 17 heavy (non-hydrogen) atoms. The molecular weight excluding hydrogens is 348 g/mol. The lowest BCUT2D eigenvalue weighted by Crippen LogP contribution is -2.03. The van der Waals surface area contributed by atoms with Crippen molar-refractivity contribution in [2.45, 2.75) is 13.5 Å². The van der Waals surface area contributed by atoms with Gasteiger partial charge in [0.2, 0.25) is 0 Å². The van der Waals surface area contributed by atoms with Gasteiger partial charge in [-0.15, -0.1) is 0 Å². The maximum atomic E-state index is 5.63. The van der Waals surface area contributed by atoms with Crippen LogP contribution in [0.3, 0.4) is 0 Å². The molecule has 0 aliphatic carbocycles. The van der Waals surface area contributed by atoms with Crippen LogP contribution in [-0.4, -0.2) is 13.7 Å². The fourth-order valence-corrected chi connectivity index (χ4v) is 2.25. The number of methoxy groups -OCH3 is 1. The average molecular weight is 364 g/mol. The molecule has 0 aliphatic rings. The van der Waals surface area contributed by atoms with Crippen LogP contribution in [0.4, 0.5) is 0 Å². The van der Waals surface area contributed by atoms with Crippen LogP contribution in [0.15, 0.2) is 33.7 Å². The maximum Gasteiger partial charge on any atom is 0.118 e. The van der Waals surface area contributed by atoms with Gasteiger partial charge in [-0.3, -0.25) is 0 Å². The molecule has 0 aliphatic heterocycles. The Balaban J connectivity index is 2.33. The molecule has 0 aromatic heterocycles. The number of hydrogen-bond acceptors (Lipinski definition) is 2. The average Bonchev–Trinajstić information content (AvgIpc) is 2.29. The van der Waals surface area contributed by atoms with Crippen LogP contribution >= 0.6 is 31.9 Å². The second kappa shape index (κ2) is 7.90. The number of ether oxygens (including phenoxy) is 2. The molecule has 1 aromatic rings. The Bertz CT molecular complexity index is 356. The number of benzene rings is 1. The molecule has 0 bridgehead atoms. The molecule has 2 nitrogen and oxygen atoms in total. The van der Waals surface area contributed by atoms with Crippen molar-refractivity contribution in [3.05, 3.63) is 39.3 Å². The summed E-state index contributed by atoms with van der Waals surface area (Å²) in [6.45, 7) is 3.44. The second-order valence-electron chi connectivity index (χ2n) is 3.80. The van der Waals surface area contributed by atoms with E-state index in [4.69, 9.17) is 9.47 Å². The Morgan fingerprint density at radius 3 is 2.47 bits per heavy atom. The molecule has 0 heterocycles. The zero-order valence-electron chi connectivity index (χ0n) is 9.95. The molecule has 94 valence electrons. The van der Waals surface area contributed by atoms with E-state index in [0.29, 0.717) is 19.1 Å². The minimum atomic E-state index is 0.377. The van der Waals surface area contributed by atoms with Crippen molar-refractivity contribution >= 4 is 31.9 Å². The third-order valence-corrected chi connectivity index (χ3v) is 2.75. The van der Waals surface area contributed by atoms with Crippen LogP contribution in [-0.2, 0) is 11.3 Å². The highest BCUT2D eigenvalue weighted by molar-refractivity contribution is 9.28. The van der Waals surface area contributed by atoms with Crippen LogP contribution in [0.2, 0.25) is 0 Å². The third-order valence-electron chi connectivity index (χ3n) is 2.22. The van der Waals surface area contributed by atoms with Gasteiger partial charge in [0.1, 0.15) is 5.75 Å². The first kappa shape index (κ1) is 14.7. The highest BCUT2D eigenvalue weighted by Crippen LogP contribution is 2.17. The summed E-state index contributed by atoms with van der Waals surface area (Å²) >= 11 is 6.67. The van der Waals surface area contributed by atoms with E-state index in [-0.39, 0.29) is 0 Å². The molecule has 1 atom stereocenters. The number of rotatable bonds is 6. The van der Waals surface area contributed by atoms with Crippen molar-refractivity contribution in [1.82, 2.24) is 0 Å². The first-order valence-electron chi connectivity index (χ1n) is 5.35. The van der Waals surface area contributed by atoms with Crippen LogP contribution in [0, 0.1) is 5.92 Å². The van der Waals surface area contributed by atoms with Crippen LogP contribution in [0.5, 0.6) is 5.75 Å². The van der Waals surface area contributed by atoms with Crippen molar-refractivity contribution in [1.29, 1.82) is 0 Å². The predicted octanol–water partition coefficient (Wildman–Crippen LogP) is 4.48. The quantitative estimate of drug-likeness (QED) is 0.741. The van der Waals surface area contributed by atoms with E-state index in [1.54, 1.807) is 7.11 Å². The van der Waals surface area contributed by atoms with Crippen molar-refractivity contribution in [2.24, 2.45) is 5.92 Å². The van der Waals surface area contributed by atoms with Gasteiger partial charge in [-0.25, -0.2) is 0 Å². The highest BCUT2D eigenvalue weighted by atomic mass is 79.9. The van der Waals surface area contributed by atoms with Gasteiger partial charge in [-0.05, 0) is 55.5 Å². The van der Waals surface area contributed by atoms with Crippen molar-refractivity contribution in [3.63, 3.8) is 0 Å². The zero-order valence-corrected chi connectivity index (χ0v) is 13.1. The van der Waals surface area contributed by atoms with Crippen LogP contribution in [0.25, 0.3) is 0 Å². The molecular formula is C13H16Br2O2. The summed E-state index contributed by atoms with van der Waals surface area (Å²) in [5.41, 5.74) is 1.15. The Morgan fingerprint density at radius 1 is 1.29 bits per heavy atom. The summed E-state index contributed by atoms with van der Waals surface area (Å²) in [4.78, 5) is 0. The van der Waals surface area contributed by atoms with Gasteiger partial charge >= 0.3 is 0 Å². The van der Waals surface area contributed by atoms with Gasteiger partial charge in [-0.2, -0.15) is 0 Å². The Hall–Kier alpha value is -0.320. The minimum absolute atomic E-state index is 0.377. The molecule has 0 saturated carbocycles. The summed E-state index contributed by atoms with van der Waals surface area (Å²) in [5, 5.41) is 0. The second-order valence-corrected chi connectivity index (χ2v) is 6.57. The Morgan fingerprint density at radius 2 is 1.94 bits per heavy atom. The van der Waals surface area contributed by atoms with E-state index in [1.807, 2.05) is 24.3 Å². The monoisotopic (exact) mass is 362 g/mol. The fraction of sp³-hybridized carbons (Fsp3) is 0.385. The molecule has 0 spiro atoms. The summed E-state index contributed by atoms with van der Waals surface area (Å²) in [6, 6.07) is 7.91. The van der Waals surface area contributed by atoms with E-state index in [9.17, 15) is 0 Å². The van der Waals surface area contributed by atoms with Gasteiger partial charge in [0.05, 0.1) is 23.7 Å². The summed E-state index contributed by atoms with van der Waals surface area (Å²) in [5.74, 6) is 1.25. The Kier molecular flexibility index (Phi) is 6.85. The van der Waals surface area contributed by atoms with E-state index in [2.05, 4.69) is 44.9 Å². The van der Waals surface area contributed by atoms with E-state index < -0.39 is 0 Å². The summed E-state index contributed by atoms with van der Waals surface area (Å²) in [7, 11) is 1.66. The normalized spacial score (nSPS) is 12.0. The number of halogens is 2. The first-order chi connectivity index (χ1) is 8.11. The van der Waals surface area contributed by atoms with Gasteiger partial charge in [0, 0.05) is 0 Å². The molecule has 4 heteroatoms. The lowest BCUT2D eigenvalue weighted by atomic mass is 10.2. The topological polar surface area (TPSA) is 18.5 Å². The number of hydrogen-bond donors (Lipinski definition) is 0. The highest BCUT2D eigenvalue weighted by Gasteiger charge is 2.00. The smallest absolute Gasteiger partial charge is 0.118 e. The first-order valence-corrected chi connectivity index (χ1v) is 6.94. The molecule has 0 saturated heterocycles. The van der Waals surface area contributed by atoms with Crippen LogP contribution in [0.1, 0.15) is 12.5 Å². The molecule has 0 fully saturated rings. The van der Waals surface area contributed by atoms with E-state index in [0.717, 1.165) is 14.7 Å². The fourth-order valence-electron chi connectivity index (χ4n) is 1.35. The molecule has 0 amide bonds. The van der Waals surface area contributed by atoms with Gasteiger partial charge in [0.25, 0.3) is 0 Å². The molecule has 0 N–H and O–H groups in total. The molecule has 1 aromatic carbocycles. The van der Waals surface area contributed by atoms with Gasteiger partial charge in [0.15, 0.2) is 0 Å². The summed E-state index contributed by atoms with van der Waals surface area (Å²) in [6.07, 6.45) is 2.06. The lowest BCUT2D eigenvalue weighted by Gasteiger charge is -2.08. The zero-order chi connectivity index (χ0) is 12.7. The summed E-state index contributed by atoms with van der Waals surface area (Å²) < 4.78 is 11.7. The van der Waals surface area contributed by atoms with Crippen molar-refractivity contribution < 1.29 is 9.47 Å². The maximum absolute atomic E-state index is 5.63. The van der Waals surface area contributed by atoms with Gasteiger partial charge < -0.3 is 9.47 Å². The van der Waals surface area contributed by atoms with E-state index >= 15 is 0 Å². The standard InChI is InChI=1S/C13H16Br2O2/c1-10(7-13(14)15)8-17-9-11-3-5-12(16-2)6-4-11/h3-7,10H,8-9H2,1-2H3/t10-/m1/s1. The molecule has 1 rings (SSSR count). The minimum Gasteiger partial charge on any atom is -0.497 e. The third kappa shape index (κ3) is 6.24. The molecule has 0 radical (unpaired) electrons. The van der Waals surface area contributed by atoms with Crippen molar-refractivity contribution in [3.8, 4) is 5.75 Å². The van der Waals surface area contributed by atoms with Gasteiger partial charge in [-0.1, -0.05) is 25.1 Å². The Labute approximate surface area is 119 Å². The van der Waals surface area contributed by atoms with Crippen LogP contribution < -0.4 is 4.74 Å². The van der Waals surface area contributed by atoms with E-state index in [1.165, 1.54) is 0 Å². The predicted molar refractivity (Wildman–Crippen MR) is 77.8 cm³/mol. The lowest BCUT2D eigenvalue weighted by molar-refractivity contribution is 0.104. The SMILES string of the molecule is COc1ccc(COC[C@H](C)C=C(Br)Br)cc1. The largest absolute Gasteiger partial charge is 0.497 e. The van der Waals surface area contributed by atoms with Crippen molar-refractivity contribution in [2.75, 3.05) is 13.7 Å². The molecule has 0 unspecified atom stereocenters.